The van der Waals surface area contributed by atoms with Gasteiger partial charge in [0.25, 0.3) is 0 Å². The molecule has 1 heterocycles. The second-order valence-corrected chi connectivity index (χ2v) is 15.0. The van der Waals surface area contributed by atoms with Crippen molar-refractivity contribution in [2.24, 2.45) is 5.41 Å². The van der Waals surface area contributed by atoms with Crippen LogP contribution in [0.2, 0.25) is 0 Å². The van der Waals surface area contributed by atoms with Crippen LogP contribution < -0.4 is 4.72 Å². The van der Waals surface area contributed by atoms with Gasteiger partial charge < -0.3 is 0 Å². The fourth-order valence-electron chi connectivity index (χ4n) is 4.60. The first-order valence-corrected chi connectivity index (χ1v) is 20.0. The summed E-state index contributed by atoms with van der Waals surface area (Å²) in [4.78, 5) is 4.68. The predicted molar refractivity (Wildman–Crippen MR) is 216 cm³/mol. The van der Waals surface area contributed by atoms with Gasteiger partial charge in [0.2, 0.25) is 0 Å². The molecule has 1 aromatic carbocycles. The van der Waals surface area contributed by atoms with Gasteiger partial charge in [-0.2, -0.15) is 0 Å². The first-order valence-electron chi connectivity index (χ1n) is 18.4. The monoisotopic (exact) mass is 665 g/mol. The molecule has 0 atom stereocenters. The zero-order valence-corrected chi connectivity index (χ0v) is 35.7. The predicted octanol–water partition coefficient (Wildman–Crippen LogP) is 14.8. The van der Waals surface area contributed by atoms with Crippen LogP contribution >= 0.6 is 23.3 Å². The van der Waals surface area contributed by atoms with Crippen LogP contribution in [0.1, 0.15) is 201 Å². The molecule has 4 heteroatoms. The highest BCUT2D eigenvalue weighted by atomic mass is 32.2. The Morgan fingerprint density at radius 1 is 0.889 bits per heavy atom. The lowest BCUT2D eigenvalue weighted by Gasteiger charge is -2.23. The molecule has 1 aliphatic carbocycles. The molecule has 0 saturated carbocycles. The van der Waals surface area contributed by atoms with Crippen LogP contribution in [0.25, 0.3) is 0 Å². The van der Waals surface area contributed by atoms with E-state index in [4.69, 9.17) is 0 Å². The number of nitrogens with one attached hydrogen (secondary N) is 1. The van der Waals surface area contributed by atoms with Crippen LogP contribution in [0, 0.1) is 5.41 Å². The van der Waals surface area contributed by atoms with E-state index in [1.54, 1.807) is 39.8 Å². The minimum Gasteiger partial charge on any atom is -0.262 e. The molecule has 1 aromatic heterocycles. The average molecular weight is 665 g/mol. The molecule has 2 nitrogen and oxygen atoms in total. The van der Waals surface area contributed by atoms with Crippen molar-refractivity contribution in [1.82, 2.24) is 9.71 Å². The third-order valence-electron chi connectivity index (χ3n) is 5.99. The van der Waals surface area contributed by atoms with Crippen molar-refractivity contribution >= 4 is 23.3 Å². The van der Waals surface area contributed by atoms with E-state index in [2.05, 4.69) is 105 Å². The zero-order chi connectivity index (χ0) is 36.3. The summed E-state index contributed by atoms with van der Waals surface area (Å²) in [6, 6.07) is 2.48. The molecule has 0 amide bonds. The summed E-state index contributed by atoms with van der Waals surface area (Å²) >= 11 is 3.51. The van der Waals surface area contributed by atoms with Crippen molar-refractivity contribution in [3.63, 3.8) is 0 Å². The second kappa shape index (κ2) is 30.2. The van der Waals surface area contributed by atoms with Crippen LogP contribution in [0.5, 0.6) is 0 Å². The largest absolute Gasteiger partial charge is 0.262 e. The average Bonchev–Trinajstić information content (AvgIpc) is 3.64. The minimum absolute atomic E-state index is 0.500. The zero-order valence-electron chi connectivity index (χ0n) is 34.1. The van der Waals surface area contributed by atoms with Crippen molar-refractivity contribution in [2.45, 2.75) is 192 Å². The molecule has 45 heavy (non-hydrogen) atoms. The lowest BCUT2D eigenvalue weighted by molar-refractivity contribution is 0.469. The molecule has 1 aliphatic rings. The second-order valence-electron chi connectivity index (χ2n) is 12.6. The van der Waals surface area contributed by atoms with Crippen LogP contribution in [-0.4, -0.2) is 12.0 Å². The Balaban J connectivity index is -0.000000276. The number of nitrogens with zero attached hydrogens (tertiary/aromatic N) is 1. The van der Waals surface area contributed by atoms with Gasteiger partial charge in [-0.05, 0) is 96.2 Å². The highest BCUT2D eigenvalue weighted by molar-refractivity contribution is 7.99. The molecule has 0 bridgehead atoms. The molecular formula is C41H80N2S2. The number of hydrogen-bond donors (Lipinski definition) is 1. The summed E-state index contributed by atoms with van der Waals surface area (Å²) in [5.41, 5.74) is 9.80. The topological polar surface area (TPSA) is 24.9 Å². The smallest absolute Gasteiger partial charge is 0.0984 e. The van der Waals surface area contributed by atoms with Gasteiger partial charge in [-0.3, -0.25) is 4.72 Å². The summed E-state index contributed by atoms with van der Waals surface area (Å²) < 4.78 is 4.45. The lowest BCUT2D eigenvalue weighted by Crippen LogP contribution is -2.07. The number of allylic oxidation sites excluding steroid dienone is 1. The molecule has 0 spiro atoms. The Hall–Kier alpha value is -1.10. The lowest BCUT2D eigenvalue weighted by atomic mass is 9.82. The van der Waals surface area contributed by atoms with E-state index in [9.17, 15) is 0 Å². The minimum atomic E-state index is 0.500. The first kappa shape index (κ1) is 50.7. The van der Waals surface area contributed by atoms with Gasteiger partial charge in [-0.25, -0.2) is 4.98 Å². The van der Waals surface area contributed by atoms with Gasteiger partial charge >= 0.3 is 0 Å². The summed E-state index contributed by atoms with van der Waals surface area (Å²) in [5, 5.41) is 1.26. The number of benzene rings is 1. The van der Waals surface area contributed by atoms with Crippen molar-refractivity contribution in [3.8, 4) is 0 Å². The standard InChI is InChI=1S/C18H26.C10H18N2S2.C5H12.4C2H6/c1-6-8-16-17(12(2)3)11-14-9-7-10-15(14)18(16)13(4)5;1-5-6-8-10(14-11-4)13-9(12-8)7(2)3;1-5(2,3)4;4*1-2/h6,11-13H,1,7-10H2,2-5H3;7,11H,5-6H2,1-4H3;1-4H3;4*1-2H3. The maximum Gasteiger partial charge on any atom is 0.0984 e. The molecule has 1 N–H and O–H groups in total. The van der Waals surface area contributed by atoms with Crippen LogP contribution in [0.4, 0.5) is 0 Å². The van der Waals surface area contributed by atoms with Gasteiger partial charge in [-0.1, -0.05) is 150 Å². The summed E-state index contributed by atoms with van der Waals surface area (Å²) in [7, 11) is 1.95. The molecule has 3 rings (SSSR count). The van der Waals surface area contributed by atoms with Gasteiger partial charge in [0.05, 0.1) is 14.9 Å². The Bertz CT molecular complexity index is 933. The van der Waals surface area contributed by atoms with E-state index in [0.717, 1.165) is 12.8 Å². The number of rotatable bonds is 9. The van der Waals surface area contributed by atoms with Crippen LogP contribution in [-0.2, 0) is 25.7 Å². The van der Waals surface area contributed by atoms with E-state index in [1.807, 2.05) is 73.8 Å². The highest BCUT2D eigenvalue weighted by Gasteiger charge is 2.23. The SMILES string of the molecule is C=CCc1c(C(C)C)cc2c(c1C(C)C)CCC2.CC.CC.CC.CC.CC(C)(C)C.CCCc1nc(C(C)C)sc1SNC. The van der Waals surface area contributed by atoms with Crippen molar-refractivity contribution in [2.75, 3.05) is 7.05 Å². The first-order chi connectivity index (χ1) is 21.2. The molecule has 0 radical (unpaired) electrons. The summed E-state index contributed by atoms with van der Waals surface area (Å²) in [6.45, 7) is 44.6. The highest BCUT2D eigenvalue weighted by Crippen LogP contribution is 2.38. The molecule has 0 fully saturated rings. The van der Waals surface area contributed by atoms with Crippen LogP contribution in [0.3, 0.4) is 0 Å². The quantitative estimate of drug-likeness (QED) is 0.213. The fourth-order valence-corrected chi connectivity index (χ4v) is 6.57. The van der Waals surface area contributed by atoms with Gasteiger partial charge in [-0.15, -0.1) is 17.9 Å². The molecule has 266 valence electrons. The van der Waals surface area contributed by atoms with Crippen molar-refractivity contribution in [3.05, 3.63) is 57.2 Å². The maximum atomic E-state index is 4.68. The van der Waals surface area contributed by atoms with Gasteiger partial charge in [0, 0.05) is 5.92 Å². The van der Waals surface area contributed by atoms with E-state index in [-0.39, 0.29) is 0 Å². The third-order valence-corrected chi connectivity index (χ3v) is 8.31. The summed E-state index contributed by atoms with van der Waals surface area (Å²) in [5.74, 6) is 1.79. The van der Waals surface area contributed by atoms with E-state index in [0.29, 0.717) is 23.2 Å². The third kappa shape index (κ3) is 21.4. The maximum absolute atomic E-state index is 4.68. The number of fused-ring (bicyclic) bond motifs is 1. The molecular weight excluding hydrogens is 585 g/mol. The number of thiazole rings is 1. The normalized spacial score (nSPS) is 11.1. The Labute approximate surface area is 293 Å². The molecule has 0 saturated heterocycles. The van der Waals surface area contributed by atoms with Crippen molar-refractivity contribution in [1.29, 1.82) is 0 Å². The Morgan fingerprint density at radius 2 is 1.40 bits per heavy atom. The van der Waals surface area contributed by atoms with Crippen LogP contribution in [0.15, 0.2) is 22.9 Å². The fraction of sp³-hybridized carbons (Fsp3) is 0.732. The Kier molecular flexibility index (Phi) is 34.1. The number of aromatic nitrogens is 1. The number of hydrogen-bond acceptors (Lipinski definition) is 4. The summed E-state index contributed by atoms with van der Waals surface area (Å²) in [6.07, 6.45) is 9.24. The Morgan fingerprint density at radius 3 is 1.78 bits per heavy atom. The molecule has 2 aromatic rings. The van der Waals surface area contributed by atoms with E-state index in [1.165, 1.54) is 40.6 Å². The van der Waals surface area contributed by atoms with Gasteiger partial charge in [0.15, 0.2) is 0 Å². The van der Waals surface area contributed by atoms with Crippen molar-refractivity contribution < 1.29 is 0 Å². The van der Waals surface area contributed by atoms with E-state index < -0.39 is 0 Å². The molecule has 0 aliphatic heterocycles. The van der Waals surface area contributed by atoms with Gasteiger partial charge in [0.1, 0.15) is 0 Å². The molecule has 0 unspecified atom stereocenters. The van der Waals surface area contributed by atoms with E-state index >= 15 is 0 Å². The number of aryl methyl sites for hydroxylation is 2.